The lowest BCUT2D eigenvalue weighted by Crippen LogP contribution is -2.32. The first kappa shape index (κ1) is 13.9. The highest BCUT2D eigenvalue weighted by Crippen LogP contribution is 2.32. The van der Waals surface area contributed by atoms with Crippen LogP contribution in [0, 0.1) is 0 Å². The number of para-hydroxylation sites is 1. The van der Waals surface area contributed by atoms with Crippen LogP contribution in [0.25, 0.3) is 6.08 Å². The lowest BCUT2D eigenvalue weighted by Gasteiger charge is -2.28. The molecule has 4 nitrogen and oxygen atoms in total. The summed E-state index contributed by atoms with van der Waals surface area (Å²) in [6.45, 7) is 1.42. The third-order valence-corrected chi connectivity index (χ3v) is 3.53. The summed E-state index contributed by atoms with van der Waals surface area (Å²) in [6, 6.07) is 5.75. The first-order chi connectivity index (χ1) is 9.09. The Morgan fingerprint density at radius 1 is 1.58 bits per heavy atom. The third kappa shape index (κ3) is 3.28. The second-order valence-electron chi connectivity index (χ2n) is 4.48. The molecule has 5 heteroatoms. The SMILES string of the molecule is CN(c1c(Cl)cccc1/C=C/C(=O)O)C1CCOC1. The quantitative estimate of drug-likeness (QED) is 0.862. The van der Waals surface area contributed by atoms with Crippen molar-refractivity contribution in [1.82, 2.24) is 0 Å². The van der Waals surface area contributed by atoms with E-state index in [9.17, 15) is 4.79 Å². The van der Waals surface area contributed by atoms with Crippen molar-refractivity contribution in [3.8, 4) is 0 Å². The summed E-state index contributed by atoms with van der Waals surface area (Å²) >= 11 is 6.25. The number of carboxylic acids is 1. The normalized spacial score (nSPS) is 18.9. The molecule has 1 unspecified atom stereocenters. The average Bonchev–Trinajstić information content (AvgIpc) is 2.89. The monoisotopic (exact) mass is 281 g/mol. The van der Waals surface area contributed by atoms with Crippen molar-refractivity contribution in [2.75, 3.05) is 25.2 Å². The van der Waals surface area contributed by atoms with Gasteiger partial charge in [-0.05, 0) is 24.1 Å². The van der Waals surface area contributed by atoms with Gasteiger partial charge in [-0.25, -0.2) is 4.79 Å². The Labute approximate surface area is 117 Å². The van der Waals surface area contributed by atoms with E-state index in [1.807, 2.05) is 19.2 Å². The number of nitrogens with zero attached hydrogens (tertiary/aromatic N) is 1. The molecule has 1 aromatic carbocycles. The van der Waals surface area contributed by atoms with Crippen molar-refractivity contribution in [1.29, 1.82) is 0 Å². The molecule has 0 bridgehead atoms. The molecule has 0 amide bonds. The number of hydrogen-bond donors (Lipinski definition) is 1. The van der Waals surface area contributed by atoms with E-state index in [0.29, 0.717) is 11.6 Å². The Balaban J connectivity index is 2.33. The maximum Gasteiger partial charge on any atom is 0.328 e. The average molecular weight is 282 g/mol. The Hall–Kier alpha value is -1.52. The number of benzene rings is 1. The summed E-state index contributed by atoms with van der Waals surface area (Å²) in [5.74, 6) is -0.974. The van der Waals surface area contributed by atoms with Crippen LogP contribution in [0.5, 0.6) is 0 Å². The number of aliphatic carboxylic acids is 1. The van der Waals surface area contributed by atoms with Crippen molar-refractivity contribution < 1.29 is 14.6 Å². The summed E-state index contributed by atoms with van der Waals surface area (Å²) in [5, 5.41) is 9.34. The number of carbonyl (C=O) groups is 1. The van der Waals surface area contributed by atoms with Crippen molar-refractivity contribution in [2.45, 2.75) is 12.5 Å². The molecule has 2 rings (SSSR count). The van der Waals surface area contributed by atoms with E-state index in [-0.39, 0.29) is 6.04 Å². The van der Waals surface area contributed by atoms with E-state index in [2.05, 4.69) is 4.90 Å². The number of halogens is 1. The van der Waals surface area contributed by atoms with E-state index in [1.165, 1.54) is 0 Å². The van der Waals surface area contributed by atoms with Crippen LogP contribution in [0.2, 0.25) is 5.02 Å². The highest BCUT2D eigenvalue weighted by atomic mass is 35.5. The summed E-state index contributed by atoms with van der Waals surface area (Å²) in [5.41, 5.74) is 1.64. The van der Waals surface area contributed by atoms with Gasteiger partial charge in [0.25, 0.3) is 0 Å². The zero-order valence-corrected chi connectivity index (χ0v) is 11.4. The standard InChI is InChI=1S/C14H16ClNO3/c1-16(11-7-8-19-9-11)14-10(5-6-13(17)18)3-2-4-12(14)15/h2-6,11H,7-9H2,1H3,(H,17,18)/b6-5+. The van der Waals surface area contributed by atoms with Crippen LogP contribution in [-0.2, 0) is 9.53 Å². The molecular formula is C14H16ClNO3. The molecule has 0 spiro atoms. The van der Waals surface area contributed by atoms with Crippen LogP contribution in [0.1, 0.15) is 12.0 Å². The summed E-state index contributed by atoms with van der Waals surface area (Å²) in [7, 11) is 1.96. The van der Waals surface area contributed by atoms with Crippen LogP contribution >= 0.6 is 11.6 Å². The second-order valence-corrected chi connectivity index (χ2v) is 4.88. The fraction of sp³-hybridized carbons (Fsp3) is 0.357. The minimum absolute atomic E-state index is 0.275. The number of carboxylic acid groups (broad SMARTS) is 1. The highest BCUT2D eigenvalue weighted by molar-refractivity contribution is 6.33. The van der Waals surface area contributed by atoms with Crippen LogP contribution in [0.4, 0.5) is 5.69 Å². The van der Waals surface area contributed by atoms with Gasteiger partial charge in [0.2, 0.25) is 0 Å². The van der Waals surface area contributed by atoms with Crippen LogP contribution in [0.15, 0.2) is 24.3 Å². The summed E-state index contributed by atoms with van der Waals surface area (Å²) < 4.78 is 5.38. The second kappa shape index (κ2) is 6.08. The van der Waals surface area contributed by atoms with Crippen LogP contribution < -0.4 is 4.90 Å². The predicted octanol–water partition coefficient (Wildman–Crippen LogP) is 2.66. The minimum atomic E-state index is -0.974. The lowest BCUT2D eigenvalue weighted by molar-refractivity contribution is -0.131. The van der Waals surface area contributed by atoms with Crippen molar-refractivity contribution >= 4 is 29.3 Å². The maximum atomic E-state index is 10.6. The first-order valence-electron chi connectivity index (χ1n) is 6.09. The fourth-order valence-corrected chi connectivity index (χ4v) is 2.52. The van der Waals surface area contributed by atoms with E-state index in [4.69, 9.17) is 21.4 Å². The van der Waals surface area contributed by atoms with Gasteiger partial charge >= 0.3 is 5.97 Å². The molecule has 1 aromatic rings. The Bertz CT molecular complexity index is 495. The number of hydrogen-bond acceptors (Lipinski definition) is 3. The van der Waals surface area contributed by atoms with Gasteiger partial charge in [0.1, 0.15) is 0 Å². The molecule has 1 atom stereocenters. The van der Waals surface area contributed by atoms with E-state index >= 15 is 0 Å². The molecule has 1 aliphatic heterocycles. The van der Waals surface area contributed by atoms with Gasteiger partial charge in [-0.2, -0.15) is 0 Å². The Morgan fingerprint density at radius 2 is 2.37 bits per heavy atom. The lowest BCUT2D eigenvalue weighted by atomic mass is 10.1. The van der Waals surface area contributed by atoms with Crippen molar-refractivity contribution in [3.63, 3.8) is 0 Å². The molecule has 1 N–H and O–H groups in total. The number of likely N-dealkylation sites (N-methyl/N-ethyl adjacent to an activating group) is 1. The summed E-state index contributed by atoms with van der Waals surface area (Å²) in [4.78, 5) is 12.7. The molecule has 102 valence electrons. The van der Waals surface area contributed by atoms with Crippen LogP contribution in [0.3, 0.4) is 0 Å². The van der Waals surface area contributed by atoms with Crippen LogP contribution in [-0.4, -0.2) is 37.4 Å². The van der Waals surface area contributed by atoms with Gasteiger partial charge < -0.3 is 14.7 Å². The topological polar surface area (TPSA) is 49.8 Å². The van der Waals surface area contributed by atoms with Gasteiger partial charge in [-0.1, -0.05) is 23.7 Å². The Kier molecular flexibility index (Phi) is 4.45. The van der Waals surface area contributed by atoms with Crippen molar-refractivity contribution in [2.24, 2.45) is 0 Å². The number of ether oxygens (including phenoxy) is 1. The summed E-state index contributed by atoms with van der Waals surface area (Å²) in [6.07, 6.45) is 3.63. The molecule has 19 heavy (non-hydrogen) atoms. The molecule has 1 fully saturated rings. The largest absolute Gasteiger partial charge is 0.478 e. The van der Waals surface area contributed by atoms with E-state index in [0.717, 1.165) is 30.4 Å². The van der Waals surface area contributed by atoms with Gasteiger partial charge in [0.05, 0.1) is 23.4 Å². The van der Waals surface area contributed by atoms with Gasteiger partial charge in [0.15, 0.2) is 0 Å². The highest BCUT2D eigenvalue weighted by Gasteiger charge is 2.23. The minimum Gasteiger partial charge on any atom is -0.478 e. The fourth-order valence-electron chi connectivity index (χ4n) is 2.21. The molecule has 1 saturated heterocycles. The Morgan fingerprint density at radius 3 is 3.00 bits per heavy atom. The molecule has 0 aromatic heterocycles. The molecule has 1 aliphatic rings. The molecule has 0 saturated carbocycles. The smallest absolute Gasteiger partial charge is 0.328 e. The van der Waals surface area contributed by atoms with Crippen molar-refractivity contribution in [3.05, 3.63) is 34.9 Å². The number of rotatable bonds is 4. The van der Waals surface area contributed by atoms with E-state index in [1.54, 1.807) is 12.1 Å². The number of anilines is 1. The van der Waals surface area contributed by atoms with Gasteiger partial charge in [-0.15, -0.1) is 0 Å². The zero-order chi connectivity index (χ0) is 13.8. The maximum absolute atomic E-state index is 10.6. The van der Waals surface area contributed by atoms with Gasteiger partial charge in [-0.3, -0.25) is 0 Å². The molecule has 1 heterocycles. The first-order valence-corrected chi connectivity index (χ1v) is 6.47. The predicted molar refractivity (Wildman–Crippen MR) is 75.7 cm³/mol. The third-order valence-electron chi connectivity index (χ3n) is 3.23. The molecular weight excluding hydrogens is 266 g/mol. The van der Waals surface area contributed by atoms with E-state index < -0.39 is 5.97 Å². The molecule has 0 aliphatic carbocycles. The van der Waals surface area contributed by atoms with Gasteiger partial charge in [0, 0.05) is 19.7 Å². The zero-order valence-electron chi connectivity index (χ0n) is 10.7. The molecule has 0 radical (unpaired) electrons.